The second kappa shape index (κ2) is 11.2. The van der Waals surface area contributed by atoms with Crippen LogP contribution >= 0.6 is 0 Å². The van der Waals surface area contributed by atoms with Crippen LogP contribution in [0.1, 0.15) is 37.4 Å². The molecule has 1 saturated heterocycles. The number of amides is 2. The highest BCUT2D eigenvalue weighted by atomic mass is 16.5. The van der Waals surface area contributed by atoms with E-state index >= 15 is 0 Å². The van der Waals surface area contributed by atoms with Gasteiger partial charge in [-0.25, -0.2) is 9.48 Å². The smallest absolute Gasteiger partial charge is 0.323 e. The normalized spacial score (nSPS) is 13.3. The quantitative estimate of drug-likeness (QED) is 0.285. The fourth-order valence-electron chi connectivity index (χ4n) is 4.70. The average Bonchev–Trinajstić information content (AvgIpc) is 3.30. The summed E-state index contributed by atoms with van der Waals surface area (Å²) >= 11 is 0. The standard InChI is InChI=1S/C30H33N5O2/c1-3-23-11-5-7-13-27(23)35-29(21-22(2)33-35)37-28-14-8-6-12-26(28)32-30(36)31-24-15-17-25(18-16-24)34-19-9-4-10-20-34/h5-8,11-18,21H,3-4,9-10,19-20H2,1-2H3,(H2,31,32,36). The first-order chi connectivity index (χ1) is 18.1. The summed E-state index contributed by atoms with van der Waals surface area (Å²) in [7, 11) is 0. The molecule has 1 aliphatic rings. The molecule has 7 heteroatoms. The number of para-hydroxylation sites is 3. The zero-order valence-electron chi connectivity index (χ0n) is 21.4. The molecule has 0 unspecified atom stereocenters. The van der Waals surface area contributed by atoms with Crippen molar-refractivity contribution in [1.82, 2.24) is 9.78 Å². The van der Waals surface area contributed by atoms with Crippen molar-refractivity contribution < 1.29 is 9.53 Å². The summed E-state index contributed by atoms with van der Waals surface area (Å²) < 4.78 is 8.12. The molecule has 3 aromatic carbocycles. The van der Waals surface area contributed by atoms with E-state index in [0.717, 1.165) is 36.6 Å². The number of carbonyl (C=O) groups excluding carboxylic acids is 1. The minimum absolute atomic E-state index is 0.331. The van der Waals surface area contributed by atoms with Crippen molar-refractivity contribution >= 4 is 23.1 Å². The van der Waals surface area contributed by atoms with Crippen molar-refractivity contribution in [2.24, 2.45) is 0 Å². The van der Waals surface area contributed by atoms with Crippen molar-refractivity contribution in [3.05, 3.63) is 90.1 Å². The molecule has 2 amide bonds. The number of piperidine rings is 1. The van der Waals surface area contributed by atoms with Crippen LogP contribution in [-0.4, -0.2) is 28.9 Å². The van der Waals surface area contributed by atoms with Crippen molar-refractivity contribution in [2.75, 3.05) is 28.6 Å². The van der Waals surface area contributed by atoms with Crippen LogP contribution in [0.4, 0.5) is 21.9 Å². The number of ether oxygens (including phenoxy) is 1. The Bertz CT molecular complexity index is 1360. The monoisotopic (exact) mass is 495 g/mol. The molecular formula is C30H33N5O2. The van der Waals surface area contributed by atoms with Gasteiger partial charge < -0.3 is 20.3 Å². The molecule has 2 heterocycles. The Hall–Kier alpha value is -4.26. The summed E-state index contributed by atoms with van der Waals surface area (Å²) in [4.78, 5) is 15.2. The molecule has 5 rings (SSSR count). The van der Waals surface area contributed by atoms with Gasteiger partial charge in [-0.05, 0) is 80.6 Å². The topological polar surface area (TPSA) is 71.4 Å². The first-order valence-electron chi connectivity index (χ1n) is 13.0. The third kappa shape index (κ3) is 5.77. The zero-order chi connectivity index (χ0) is 25.6. The van der Waals surface area contributed by atoms with Crippen LogP contribution < -0.4 is 20.3 Å². The minimum atomic E-state index is -0.331. The van der Waals surface area contributed by atoms with Crippen molar-refractivity contribution in [1.29, 1.82) is 0 Å². The van der Waals surface area contributed by atoms with Crippen LogP contribution in [0.5, 0.6) is 11.6 Å². The predicted octanol–water partition coefficient (Wildman–Crippen LogP) is 7.17. The molecule has 1 aromatic heterocycles. The molecule has 0 saturated carbocycles. The number of urea groups is 1. The second-order valence-corrected chi connectivity index (χ2v) is 9.29. The maximum absolute atomic E-state index is 12.8. The van der Waals surface area contributed by atoms with Gasteiger partial charge in [0.2, 0.25) is 5.88 Å². The number of hydrogen-bond donors (Lipinski definition) is 2. The lowest BCUT2D eigenvalue weighted by Crippen LogP contribution is -2.29. The van der Waals surface area contributed by atoms with Crippen LogP contribution in [0.3, 0.4) is 0 Å². The molecule has 1 aliphatic heterocycles. The molecule has 0 bridgehead atoms. The lowest BCUT2D eigenvalue weighted by molar-refractivity contribution is 0.262. The number of nitrogens with one attached hydrogen (secondary N) is 2. The van der Waals surface area contributed by atoms with Gasteiger partial charge in [0.15, 0.2) is 5.75 Å². The van der Waals surface area contributed by atoms with Gasteiger partial charge in [-0.1, -0.05) is 37.3 Å². The number of benzene rings is 3. The Labute approximate surface area is 218 Å². The second-order valence-electron chi connectivity index (χ2n) is 9.29. The number of rotatable bonds is 7. The predicted molar refractivity (Wildman–Crippen MR) is 149 cm³/mol. The minimum Gasteiger partial charge on any atom is -0.437 e. The van der Waals surface area contributed by atoms with E-state index in [9.17, 15) is 4.79 Å². The van der Waals surface area contributed by atoms with E-state index in [2.05, 4.69) is 45.8 Å². The van der Waals surface area contributed by atoms with Crippen molar-refractivity contribution in [3.63, 3.8) is 0 Å². The highest BCUT2D eigenvalue weighted by molar-refractivity contribution is 6.00. The Morgan fingerprint density at radius 3 is 2.43 bits per heavy atom. The van der Waals surface area contributed by atoms with Crippen molar-refractivity contribution in [3.8, 4) is 17.3 Å². The zero-order valence-corrected chi connectivity index (χ0v) is 21.4. The van der Waals surface area contributed by atoms with Crippen molar-refractivity contribution in [2.45, 2.75) is 39.5 Å². The summed E-state index contributed by atoms with van der Waals surface area (Å²) in [5.74, 6) is 1.12. The lowest BCUT2D eigenvalue weighted by atomic mass is 10.1. The third-order valence-corrected chi connectivity index (χ3v) is 6.60. The van der Waals surface area contributed by atoms with Gasteiger partial charge in [0.25, 0.3) is 0 Å². The van der Waals surface area contributed by atoms with E-state index < -0.39 is 0 Å². The molecular weight excluding hydrogens is 462 g/mol. The summed E-state index contributed by atoms with van der Waals surface area (Å²) in [6.45, 7) is 6.24. The highest BCUT2D eigenvalue weighted by Gasteiger charge is 2.16. The molecule has 2 N–H and O–H groups in total. The first kappa shape index (κ1) is 24.4. The highest BCUT2D eigenvalue weighted by Crippen LogP contribution is 2.32. The van der Waals surface area contributed by atoms with E-state index in [1.165, 1.54) is 30.5 Å². The van der Waals surface area contributed by atoms with Gasteiger partial charge in [0.05, 0.1) is 17.1 Å². The van der Waals surface area contributed by atoms with E-state index in [0.29, 0.717) is 17.3 Å². The number of anilines is 3. The average molecular weight is 496 g/mol. The van der Waals surface area contributed by atoms with Gasteiger partial charge >= 0.3 is 6.03 Å². The number of nitrogens with zero attached hydrogens (tertiary/aromatic N) is 3. The van der Waals surface area contributed by atoms with Crippen LogP contribution in [0.15, 0.2) is 78.9 Å². The Morgan fingerprint density at radius 2 is 1.65 bits per heavy atom. The Balaban J connectivity index is 1.30. The largest absolute Gasteiger partial charge is 0.437 e. The number of hydrogen-bond acceptors (Lipinski definition) is 4. The molecule has 4 aromatic rings. The Kier molecular flexibility index (Phi) is 7.40. The fraction of sp³-hybridized carbons (Fsp3) is 0.267. The molecule has 0 atom stereocenters. The fourth-order valence-corrected chi connectivity index (χ4v) is 4.70. The van der Waals surface area contributed by atoms with Crippen LogP contribution in [-0.2, 0) is 6.42 Å². The molecule has 0 aliphatic carbocycles. The molecule has 0 spiro atoms. The summed E-state index contributed by atoms with van der Waals surface area (Å²) in [6.07, 6.45) is 4.64. The first-order valence-corrected chi connectivity index (χ1v) is 13.0. The number of aryl methyl sites for hydroxylation is 2. The Morgan fingerprint density at radius 1 is 0.919 bits per heavy atom. The molecule has 0 radical (unpaired) electrons. The van der Waals surface area contributed by atoms with Crippen LogP contribution in [0, 0.1) is 6.92 Å². The van der Waals surface area contributed by atoms with Crippen LogP contribution in [0.2, 0.25) is 0 Å². The lowest BCUT2D eigenvalue weighted by Gasteiger charge is -2.28. The van der Waals surface area contributed by atoms with Crippen LogP contribution in [0.25, 0.3) is 5.69 Å². The molecule has 37 heavy (non-hydrogen) atoms. The SMILES string of the molecule is CCc1ccccc1-n1nc(C)cc1Oc1ccccc1NC(=O)Nc1ccc(N2CCCCC2)cc1. The van der Waals surface area contributed by atoms with E-state index in [4.69, 9.17) is 4.74 Å². The summed E-state index contributed by atoms with van der Waals surface area (Å²) in [6, 6.07) is 25.1. The molecule has 1 fully saturated rings. The third-order valence-electron chi connectivity index (χ3n) is 6.60. The van der Waals surface area contributed by atoms with E-state index in [1.807, 2.05) is 72.3 Å². The molecule has 190 valence electrons. The van der Waals surface area contributed by atoms with Gasteiger partial charge in [-0.3, -0.25) is 0 Å². The summed E-state index contributed by atoms with van der Waals surface area (Å²) in [5.41, 5.74) is 5.50. The van der Waals surface area contributed by atoms with E-state index in [-0.39, 0.29) is 6.03 Å². The maximum atomic E-state index is 12.8. The van der Waals surface area contributed by atoms with Gasteiger partial charge in [-0.2, -0.15) is 5.10 Å². The number of carbonyl (C=O) groups is 1. The van der Waals surface area contributed by atoms with Gasteiger partial charge in [-0.15, -0.1) is 0 Å². The molecule has 7 nitrogen and oxygen atoms in total. The number of aromatic nitrogens is 2. The van der Waals surface area contributed by atoms with Gasteiger partial charge in [0.1, 0.15) is 0 Å². The maximum Gasteiger partial charge on any atom is 0.323 e. The van der Waals surface area contributed by atoms with Gasteiger partial charge in [0, 0.05) is 30.5 Å². The summed E-state index contributed by atoms with van der Waals surface area (Å²) in [5, 5.41) is 10.5. The van der Waals surface area contributed by atoms with E-state index in [1.54, 1.807) is 0 Å².